The van der Waals surface area contributed by atoms with Gasteiger partial charge < -0.3 is 0 Å². The van der Waals surface area contributed by atoms with Crippen molar-refractivity contribution in [3.05, 3.63) is 25.3 Å². The lowest BCUT2D eigenvalue weighted by Crippen LogP contribution is -2.35. The largest absolute Gasteiger partial charge is 0.275 e. The number of rotatable bonds is 17. The Morgan fingerprint density at radius 2 is 1.20 bits per heavy atom. The van der Waals surface area contributed by atoms with Crippen molar-refractivity contribution < 1.29 is 9.59 Å². The highest BCUT2D eigenvalue weighted by Crippen LogP contribution is 2.13. The molecule has 0 N–H and O–H groups in total. The molecule has 0 aliphatic carbocycles. The van der Waals surface area contributed by atoms with Crippen LogP contribution in [0.1, 0.15) is 96.8 Å². The van der Waals surface area contributed by atoms with Crippen molar-refractivity contribution in [2.75, 3.05) is 6.54 Å². The summed E-state index contributed by atoms with van der Waals surface area (Å²) in [5, 5.41) is 0. The highest BCUT2D eigenvalue weighted by atomic mass is 16.2. The van der Waals surface area contributed by atoms with Gasteiger partial charge >= 0.3 is 0 Å². The Morgan fingerprint density at radius 1 is 0.760 bits per heavy atom. The summed E-state index contributed by atoms with van der Waals surface area (Å²) in [4.78, 5) is 24.9. The summed E-state index contributed by atoms with van der Waals surface area (Å²) >= 11 is 0. The Hall–Kier alpha value is -1.38. The molecule has 0 atom stereocenters. The average Bonchev–Trinajstić information content (AvgIpc) is 2.62. The smallest absolute Gasteiger partial charge is 0.252 e. The molecule has 3 nitrogen and oxygen atoms in total. The highest BCUT2D eigenvalue weighted by molar-refractivity contribution is 6.00. The molecule has 3 heteroatoms. The Kier molecular flexibility index (Phi) is 16.5. The lowest BCUT2D eigenvalue weighted by atomic mass is 10.0. The van der Waals surface area contributed by atoms with Crippen LogP contribution in [0, 0.1) is 0 Å². The van der Waals surface area contributed by atoms with E-state index in [0.29, 0.717) is 6.42 Å². The van der Waals surface area contributed by atoms with Gasteiger partial charge in [0, 0.05) is 13.0 Å². The van der Waals surface area contributed by atoms with Crippen molar-refractivity contribution in [1.82, 2.24) is 4.90 Å². The first-order chi connectivity index (χ1) is 12.2. The SMILES string of the molecule is C=CCN(C(=O)C=C)C(=O)CCCCCCCCCCCCCCC. The molecular weight excluding hydrogens is 310 g/mol. The van der Waals surface area contributed by atoms with E-state index in [1.54, 1.807) is 6.08 Å². The van der Waals surface area contributed by atoms with Crippen LogP contribution < -0.4 is 0 Å². The summed E-state index contributed by atoms with van der Waals surface area (Å²) in [6, 6.07) is 0. The quantitative estimate of drug-likeness (QED) is 0.178. The Morgan fingerprint density at radius 3 is 1.60 bits per heavy atom. The van der Waals surface area contributed by atoms with Gasteiger partial charge in [0.05, 0.1) is 0 Å². The molecule has 0 aromatic rings. The second kappa shape index (κ2) is 17.4. The molecule has 0 radical (unpaired) electrons. The van der Waals surface area contributed by atoms with Gasteiger partial charge in [-0.15, -0.1) is 6.58 Å². The third kappa shape index (κ3) is 13.6. The van der Waals surface area contributed by atoms with Crippen LogP contribution in [-0.4, -0.2) is 23.3 Å². The molecule has 0 heterocycles. The average molecular weight is 350 g/mol. The normalized spacial score (nSPS) is 10.4. The van der Waals surface area contributed by atoms with Gasteiger partial charge in [-0.05, 0) is 12.5 Å². The van der Waals surface area contributed by atoms with Crippen molar-refractivity contribution in [3.8, 4) is 0 Å². The number of imide groups is 1. The number of hydrogen-bond acceptors (Lipinski definition) is 2. The zero-order valence-electron chi connectivity index (χ0n) is 16.4. The molecule has 2 amide bonds. The van der Waals surface area contributed by atoms with Gasteiger partial charge in [-0.1, -0.05) is 96.6 Å². The predicted octanol–water partition coefficient (Wildman–Crippen LogP) is 6.19. The number of hydrogen-bond donors (Lipinski definition) is 0. The summed E-state index contributed by atoms with van der Waals surface area (Å²) in [5.41, 5.74) is 0. The van der Waals surface area contributed by atoms with Gasteiger partial charge in [-0.25, -0.2) is 0 Å². The zero-order valence-corrected chi connectivity index (χ0v) is 16.4. The summed E-state index contributed by atoms with van der Waals surface area (Å²) < 4.78 is 0. The fourth-order valence-corrected chi connectivity index (χ4v) is 2.98. The van der Waals surface area contributed by atoms with Crippen molar-refractivity contribution in [1.29, 1.82) is 0 Å². The van der Waals surface area contributed by atoms with Crippen LogP contribution in [0.15, 0.2) is 25.3 Å². The van der Waals surface area contributed by atoms with E-state index in [1.165, 1.54) is 81.6 Å². The molecule has 0 saturated heterocycles. The second-order valence-electron chi connectivity index (χ2n) is 6.83. The van der Waals surface area contributed by atoms with E-state index in [1.807, 2.05) is 0 Å². The van der Waals surface area contributed by atoms with Crippen molar-refractivity contribution in [3.63, 3.8) is 0 Å². The number of nitrogens with zero attached hydrogens (tertiary/aromatic N) is 1. The third-order valence-corrected chi connectivity index (χ3v) is 4.55. The molecule has 0 fully saturated rings. The van der Waals surface area contributed by atoms with Crippen LogP contribution >= 0.6 is 0 Å². The van der Waals surface area contributed by atoms with E-state index in [2.05, 4.69) is 20.1 Å². The Bertz CT molecular complexity index is 376. The van der Waals surface area contributed by atoms with Crippen LogP contribution in [0.3, 0.4) is 0 Å². The molecule has 0 bridgehead atoms. The van der Waals surface area contributed by atoms with Gasteiger partial charge in [0.1, 0.15) is 0 Å². The minimum Gasteiger partial charge on any atom is -0.275 e. The van der Waals surface area contributed by atoms with Gasteiger partial charge in [0.25, 0.3) is 5.91 Å². The lowest BCUT2D eigenvalue weighted by molar-refractivity contribution is -0.141. The molecule has 0 aromatic heterocycles. The molecule has 0 aromatic carbocycles. The first-order valence-electron chi connectivity index (χ1n) is 10.2. The van der Waals surface area contributed by atoms with Gasteiger partial charge in [0.2, 0.25) is 5.91 Å². The second-order valence-corrected chi connectivity index (χ2v) is 6.83. The third-order valence-electron chi connectivity index (χ3n) is 4.55. The molecule has 25 heavy (non-hydrogen) atoms. The minimum atomic E-state index is -0.334. The monoisotopic (exact) mass is 349 g/mol. The molecule has 0 aliphatic rings. The van der Waals surface area contributed by atoms with E-state index < -0.39 is 0 Å². The fourth-order valence-electron chi connectivity index (χ4n) is 2.98. The molecule has 0 spiro atoms. The Balaban J connectivity index is 3.50. The maximum absolute atomic E-state index is 12.0. The highest BCUT2D eigenvalue weighted by Gasteiger charge is 2.16. The van der Waals surface area contributed by atoms with Crippen LogP contribution in [0.25, 0.3) is 0 Å². The number of carbonyl (C=O) groups excluding carboxylic acids is 2. The van der Waals surface area contributed by atoms with Crippen LogP contribution in [0.5, 0.6) is 0 Å². The van der Waals surface area contributed by atoms with Crippen LogP contribution in [0.2, 0.25) is 0 Å². The first kappa shape index (κ1) is 23.6. The fraction of sp³-hybridized carbons (Fsp3) is 0.727. The maximum Gasteiger partial charge on any atom is 0.252 e. The van der Waals surface area contributed by atoms with Crippen LogP contribution in [0.4, 0.5) is 0 Å². The standard InChI is InChI=1S/C22H39NO2/c1-4-7-8-9-10-11-12-13-14-15-16-17-18-19-22(25)23(20-5-2)21(24)6-3/h5-6H,2-4,7-20H2,1H3. The molecule has 144 valence electrons. The predicted molar refractivity (Wildman–Crippen MR) is 107 cm³/mol. The summed E-state index contributed by atoms with van der Waals surface area (Å²) in [6.07, 6.45) is 19.8. The maximum atomic E-state index is 12.0. The zero-order chi connectivity index (χ0) is 18.8. The van der Waals surface area contributed by atoms with Crippen molar-refractivity contribution in [2.45, 2.75) is 96.8 Å². The Labute approximate surface area is 155 Å². The van der Waals surface area contributed by atoms with E-state index in [9.17, 15) is 9.59 Å². The number of amides is 2. The van der Waals surface area contributed by atoms with Crippen molar-refractivity contribution >= 4 is 11.8 Å². The van der Waals surface area contributed by atoms with Crippen LogP contribution in [-0.2, 0) is 9.59 Å². The van der Waals surface area contributed by atoms with Gasteiger partial charge in [0.15, 0.2) is 0 Å². The summed E-state index contributed by atoms with van der Waals surface area (Å²) in [5.74, 6) is -0.451. The molecule has 0 saturated carbocycles. The first-order valence-corrected chi connectivity index (χ1v) is 10.2. The molecule has 0 unspecified atom stereocenters. The topological polar surface area (TPSA) is 37.4 Å². The van der Waals surface area contributed by atoms with E-state index >= 15 is 0 Å². The van der Waals surface area contributed by atoms with E-state index in [-0.39, 0.29) is 18.4 Å². The number of unbranched alkanes of at least 4 members (excludes halogenated alkanes) is 12. The molecular formula is C22H39NO2. The minimum absolute atomic E-state index is 0.118. The van der Waals surface area contributed by atoms with E-state index in [0.717, 1.165) is 12.8 Å². The molecule has 0 aliphatic heterocycles. The van der Waals surface area contributed by atoms with E-state index in [4.69, 9.17) is 0 Å². The van der Waals surface area contributed by atoms with Gasteiger partial charge in [-0.3, -0.25) is 14.5 Å². The van der Waals surface area contributed by atoms with Crippen molar-refractivity contribution in [2.24, 2.45) is 0 Å². The summed E-state index contributed by atoms with van der Waals surface area (Å²) in [7, 11) is 0. The molecule has 0 rings (SSSR count). The van der Waals surface area contributed by atoms with Gasteiger partial charge in [-0.2, -0.15) is 0 Å². The lowest BCUT2D eigenvalue weighted by Gasteiger charge is -2.17. The summed E-state index contributed by atoms with van der Waals surface area (Å²) in [6.45, 7) is 9.55. The number of carbonyl (C=O) groups is 2.